The summed E-state index contributed by atoms with van der Waals surface area (Å²) in [6.07, 6.45) is 3.21. The van der Waals surface area contributed by atoms with Crippen LogP contribution in [-0.4, -0.2) is 43.0 Å². The Morgan fingerprint density at radius 2 is 1.84 bits per heavy atom. The largest absolute Gasteiger partial charge is 0.496 e. The number of amides is 2. The van der Waals surface area contributed by atoms with Crippen LogP contribution in [0.25, 0.3) is 0 Å². The molecule has 0 saturated carbocycles. The summed E-state index contributed by atoms with van der Waals surface area (Å²) in [6.45, 7) is 2.65. The fraction of sp³-hybridized carbons (Fsp3) is 0.280. The number of methoxy groups -OCH3 is 1. The number of ether oxygens (including phenoxy) is 1. The molecule has 3 aromatic rings. The minimum Gasteiger partial charge on any atom is -0.496 e. The van der Waals surface area contributed by atoms with Gasteiger partial charge in [0.2, 0.25) is 0 Å². The molecule has 1 aliphatic heterocycles. The third kappa shape index (κ3) is 5.36. The molecule has 1 saturated heterocycles. The number of furan rings is 1. The molecular formula is C25H27N3O4. The molecule has 0 aliphatic carbocycles. The Kier molecular flexibility index (Phi) is 6.87. The number of rotatable bonds is 7. The van der Waals surface area contributed by atoms with Crippen LogP contribution in [-0.2, 0) is 6.54 Å². The average Bonchev–Trinajstić information content (AvgIpc) is 3.36. The van der Waals surface area contributed by atoms with Crippen molar-refractivity contribution in [2.75, 3.05) is 25.5 Å². The lowest BCUT2D eigenvalue weighted by Crippen LogP contribution is -2.44. The lowest BCUT2D eigenvalue weighted by atomic mass is 10.0. The first-order chi connectivity index (χ1) is 15.6. The van der Waals surface area contributed by atoms with Crippen molar-refractivity contribution in [2.45, 2.75) is 25.4 Å². The van der Waals surface area contributed by atoms with Gasteiger partial charge in [-0.25, -0.2) is 0 Å². The van der Waals surface area contributed by atoms with Gasteiger partial charge >= 0.3 is 0 Å². The second kappa shape index (κ2) is 10.2. The summed E-state index contributed by atoms with van der Waals surface area (Å²) in [5, 5.41) is 5.88. The van der Waals surface area contributed by atoms with E-state index in [1.54, 1.807) is 43.5 Å². The molecule has 2 heterocycles. The Morgan fingerprint density at radius 1 is 1.03 bits per heavy atom. The molecule has 2 aromatic carbocycles. The first kappa shape index (κ1) is 21.6. The Bertz CT molecular complexity index is 1060. The number of benzene rings is 2. The third-order valence-corrected chi connectivity index (χ3v) is 5.64. The van der Waals surface area contributed by atoms with Crippen LogP contribution in [0.4, 0.5) is 5.69 Å². The van der Waals surface area contributed by atoms with E-state index in [4.69, 9.17) is 9.15 Å². The number of anilines is 1. The molecule has 0 atom stereocenters. The number of hydrogen-bond donors (Lipinski definition) is 2. The highest BCUT2D eigenvalue weighted by Gasteiger charge is 2.22. The molecule has 1 aromatic heterocycles. The number of hydrogen-bond acceptors (Lipinski definition) is 5. The van der Waals surface area contributed by atoms with Crippen molar-refractivity contribution in [3.05, 3.63) is 83.8 Å². The summed E-state index contributed by atoms with van der Waals surface area (Å²) < 4.78 is 10.6. The van der Waals surface area contributed by atoms with Gasteiger partial charge in [0.05, 0.1) is 13.4 Å². The van der Waals surface area contributed by atoms with Crippen molar-refractivity contribution in [1.29, 1.82) is 0 Å². The van der Waals surface area contributed by atoms with Crippen molar-refractivity contribution in [1.82, 2.24) is 10.2 Å². The molecule has 2 amide bonds. The summed E-state index contributed by atoms with van der Waals surface area (Å²) in [5.74, 6) is 0.638. The maximum atomic E-state index is 12.8. The van der Waals surface area contributed by atoms with E-state index < -0.39 is 0 Å². The Balaban J connectivity index is 1.29. The molecule has 0 radical (unpaired) electrons. The molecule has 4 rings (SSSR count). The van der Waals surface area contributed by atoms with Crippen LogP contribution >= 0.6 is 0 Å². The minimum absolute atomic E-state index is 0.123. The zero-order chi connectivity index (χ0) is 22.3. The highest BCUT2D eigenvalue weighted by atomic mass is 16.5. The van der Waals surface area contributed by atoms with Gasteiger partial charge in [-0.2, -0.15) is 0 Å². The highest BCUT2D eigenvalue weighted by Crippen LogP contribution is 2.22. The lowest BCUT2D eigenvalue weighted by molar-refractivity contribution is 0.0907. The van der Waals surface area contributed by atoms with Crippen LogP contribution in [0.1, 0.15) is 39.3 Å². The smallest absolute Gasteiger partial charge is 0.291 e. The standard InChI is InChI=1S/C25H27N3O4/c1-31-22-9-3-2-6-19(22)17-28-13-11-20(12-14-28)26-24(29)18-7-4-8-21(16-18)27-25(30)23-10-5-15-32-23/h2-10,15-16,20H,11-14,17H2,1H3,(H,26,29)(H,27,30). The maximum Gasteiger partial charge on any atom is 0.291 e. The Labute approximate surface area is 187 Å². The Morgan fingerprint density at radius 3 is 2.59 bits per heavy atom. The van der Waals surface area contributed by atoms with Crippen LogP contribution in [0, 0.1) is 0 Å². The maximum absolute atomic E-state index is 12.8. The molecule has 7 nitrogen and oxygen atoms in total. The molecule has 7 heteroatoms. The van der Waals surface area contributed by atoms with E-state index in [1.807, 2.05) is 18.2 Å². The van der Waals surface area contributed by atoms with Crippen molar-refractivity contribution >= 4 is 17.5 Å². The van der Waals surface area contributed by atoms with Crippen LogP contribution in [0.5, 0.6) is 5.75 Å². The van der Waals surface area contributed by atoms with Crippen LogP contribution in [0.3, 0.4) is 0 Å². The van der Waals surface area contributed by atoms with Gasteiger partial charge < -0.3 is 19.8 Å². The van der Waals surface area contributed by atoms with Gasteiger partial charge in [-0.1, -0.05) is 24.3 Å². The topological polar surface area (TPSA) is 83.8 Å². The molecule has 32 heavy (non-hydrogen) atoms. The molecule has 2 N–H and O–H groups in total. The van der Waals surface area contributed by atoms with Gasteiger partial charge in [-0.05, 0) is 49.2 Å². The van der Waals surface area contributed by atoms with Crippen LogP contribution in [0.2, 0.25) is 0 Å². The molecule has 0 unspecified atom stereocenters. The fourth-order valence-electron chi connectivity index (χ4n) is 3.92. The van der Waals surface area contributed by atoms with E-state index in [1.165, 1.54) is 11.8 Å². The number of nitrogens with one attached hydrogen (secondary N) is 2. The SMILES string of the molecule is COc1ccccc1CN1CCC(NC(=O)c2cccc(NC(=O)c3ccco3)c2)CC1. The van der Waals surface area contributed by atoms with Crippen molar-refractivity contribution in [3.63, 3.8) is 0 Å². The van der Waals surface area contributed by atoms with E-state index in [9.17, 15) is 9.59 Å². The fourth-order valence-corrected chi connectivity index (χ4v) is 3.92. The number of likely N-dealkylation sites (tertiary alicyclic amines) is 1. The number of carbonyl (C=O) groups is 2. The van der Waals surface area contributed by atoms with E-state index in [0.717, 1.165) is 38.2 Å². The summed E-state index contributed by atoms with van der Waals surface area (Å²) >= 11 is 0. The lowest BCUT2D eigenvalue weighted by Gasteiger charge is -2.32. The van der Waals surface area contributed by atoms with Crippen LogP contribution in [0.15, 0.2) is 71.3 Å². The average molecular weight is 434 g/mol. The van der Waals surface area contributed by atoms with E-state index in [2.05, 4.69) is 21.6 Å². The normalized spacial score (nSPS) is 14.7. The highest BCUT2D eigenvalue weighted by molar-refractivity contribution is 6.03. The summed E-state index contributed by atoms with van der Waals surface area (Å²) in [4.78, 5) is 27.3. The van der Waals surface area contributed by atoms with E-state index in [0.29, 0.717) is 11.3 Å². The van der Waals surface area contributed by atoms with Gasteiger partial charge in [0.15, 0.2) is 5.76 Å². The third-order valence-electron chi connectivity index (χ3n) is 5.64. The molecule has 1 aliphatic rings. The van der Waals surface area contributed by atoms with Crippen molar-refractivity contribution in [3.8, 4) is 5.75 Å². The van der Waals surface area contributed by atoms with Gasteiger partial charge in [0.1, 0.15) is 5.75 Å². The molecule has 166 valence electrons. The molecular weight excluding hydrogens is 406 g/mol. The second-order valence-electron chi connectivity index (χ2n) is 7.85. The van der Waals surface area contributed by atoms with Gasteiger partial charge in [-0.3, -0.25) is 14.5 Å². The number of para-hydroxylation sites is 1. The predicted octanol–water partition coefficient (Wildman–Crippen LogP) is 3.93. The van der Waals surface area contributed by atoms with Crippen molar-refractivity contribution in [2.24, 2.45) is 0 Å². The van der Waals surface area contributed by atoms with E-state index in [-0.39, 0.29) is 23.6 Å². The summed E-state index contributed by atoms with van der Waals surface area (Å²) in [6, 6.07) is 18.3. The first-order valence-corrected chi connectivity index (χ1v) is 10.7. The van der Waals surface area contributed by atoms with E-state index >= 15 is 0 Å². The molecule has 1 fully saturated rings. The summed E-state index contributed by atoms with van der Waals surface area (Å²) in [7, 11) is 1.69. The second-order valence-corrected chi connectivity index (χ2v) is 7.85. The number of carbonyl (C=O) groups excluding carboxylic acids is 2. The monoisotopic (exact) mass is 433 g/mol. The minimum atomic E-state index is -0.352. The van der Waals surface area contributed by atoms with Crippen LogP contribution < -0.4 is 15.4 Å². The quantitative estimate of drug-likeness (QED) is 0.590. The number of piperidine rings is 1. The Hall–Kier alpha value is -3.58. The zero-order valence-electron chi connectivity index (χ0n) is 18.0. The summed E-state index contributed by atoms with van der Waals surface area (Å²) in [5.41, 5.74) is 2.23. The van der Waals surface area contributed by atoms with Gasteiger partial charge in [0, 0.05) is 42.5 Å². The van der Waals surface area contributed by atoms with Gasteiger partial charge in [0.25, 0.3) is 11.8 Å². The predicted molar refractivity (Wildman–Crippen MR) is 122 cm³/mol. The van der Waals surface area contributed by atoms with Crippen molar-refractivity contribution < 1.29 is 18.7 Å². The molecule has 0 spiro atoms. The molecule has 0 bridgehead atoms. The number of nitrogens with zero attached hydrogens (tertiary/aromatic N) is 1. The zero-order valence-corrected chi connectivity index (χ0v) is 18.0. The first-order valence-electron chi connectivity index (χ1n) is 10.7. The van der Waals surface area contributed by atoms with Gasteiger partial charge in [-0.15, -0.1) is 0 Å².